The molecule has 1 aliphatic heterocycles. The highest BCUT2D eigenvalue weighted by molar-refractivity contribution is 6.04. The second-order valence-corrected chi connectivity index (χ2v) is 6.64. The molecule has 0 amide bonds. The van der Waals surface area contributed by atoms with Crippen LogP contribution in [0.3, 0.4) is 0 Å². The predicted molar refractivity (Wildman–Crippen MR) is 102 cm³/mol. The Morgan fingerprint density at radius 2 is 1.84 bits per heavy atom. The van der Waals surface area contributed by atoms with Gasteiger partial charge in [-0.05, 0) is 55.5 Å². The Hall–Kier alpha value is -2.55. The molecule has 0 bridgehead atoms. The fraction of sp³-hybridized carbons (Fsp3) is 0.318. The molecule has 0 saturated heterocycles. The van der Waals surface area contributed by atoms with Gasteiger partial charge in [0, 0.05) is 17.7 Å². The summed E-state index contributed by atoms with van der Waals surface area (Å²) in [6, 6.07) is 14.3. The lowest BCUT2D eigenvalue weighted by Crippen LogP contribution is -2.12. The molecule has 4 rings (SSSR count). The Morgan fingerprint density at radius 3 is 2.64 bits per heavy atom. The first kappa shape index (κ1) is 15.9. The predicted octanol–water partition coefficient (Wildman–Crippen LogP) is 5.36. The largest absolute Gasteiger partial charge is 0.493 e. The Kier molecular flexibility index (Phi) is 4.55. The first-order valence-corrected chi connectivity index (χ1v) is 9.01. The summed E-state index contributed by atoms with van der Waals surface area (Å²) in [5.74, 6) is 1.65. The van der Waals surface area contributed by atoms with Gasteiger partial charge in [0.05, 0.1) is 18.9 Å². The minimum atomic E-state index is 0.302. The fourth-order valence-corrected chi connectivity index (χ4v) is 3.56. The summed E-state index contributed by atoms with van der Waals surface area (Å²) in [7, 11) is 1.70. The second kappa shape index (κ2) is 7.14. The highest BCUT2D eigenvalue weighted by atomic mass is 16.5. The minimum Gasteiger partial charge on any atom is -0.493 e. The summed E-state index contributed by atoms with van der Waals surface area (Å²) in [4.78, 5) is 4.70. The number of hydrogen-bond donors (Lipinski definition) is 0. The molecule has 3 heteroatoms. The zero-order valence-electron chi connectivity index (χ0n) is 14.6. The molecule has 0 unspecified atom stereocenters. The molecule has 25 heavy (non-hydrogen) atoms. The maximum absolute atomic E-state index is 6.29. The molecule has 0 radical (unpaired) electrons. The smallest absolute Gasteiger partial charge is 0.168 e. The molecule has 1 fully saturated rings. The zero-order valence-corrected chi connectivity index (χ0v) is 14.6. The SMILES string of the molecule is COc1cccc(/C=C/C2=Nc3ccccc3C2)c1OC1CCCC1. The number of methoxy groups -OCH3 is 1. The van der Waals surface area contributed by atoms with E-state index in [0.717, 1.165) is 47.7 Å². The monoisotopic (exact) mass is 333 g/mol. The molecule has 1 heterocycles. The van der Waals surface area contributed by atoms with Gasteiger partial charge in [-0.1, -0.05) is 30.3 Å². The van der Waals surface area contributed by atoms with Crippen LogP contribution in [0.1, 0.15) is 36.8 Å². The number of hydrogen-bond acceptors (Lipinski definition) is 3. The van der Waals surface area contributed by atoms with Crippen LogP contribution in [-0.2, 0) is 6.42 Å². The maximum Gasteiger partial charge on any atom is 0.168 e. The van der Waals surface area contributed by atoms with Gasteiger partial charge >= 0.3 is 0 Å². The number of para-hydroxylation sites is 2. The Bertz CT molecular complexity index is 817. The molecule has 128 valence electrons. The lowest BCUT2D eigenvalue weighted by molar-refractivity contribution is 0.200. The van der Waals surface area contributed by atoms with E-state index in [-0.39, 0.29) is 0 Å². The molecule has 1 aliphatic carbocycles. The van der Waals surface area contributed by atoms with Crippen LogP contribution >= 0.6 is 0 Å². The number of fused-ring (bicyclic) bond motifs is 1. The van der Waals surface area contributed by atoms with Crippen molar-refractivity contribution in [3.8, 4) is 11.5 Å². The van der Waals surface area contributed by atoms with E-state index in [1.54, 1.807) is 7.11 Å². The fourth-order valence-electron chi connectivity index (χ4n) is 3.56. The maximum atomic E-state index is 6.29. The summed E-state index contributed by atoms with van der Waals surface area (Å²) in [5.41, 5.74) is 4.49. The standard InChI is InChI=1S/C22H23NO2/c1-24-21-12-6-8-16(22(21)25-19-9-3-4-10-19)13-14-18-15-17-7-2-5-11-20(17)23-18/h2,5-8,11-14,19H,3-4,9-10,15H2,1H3/b14-13+. The third-order valence-electron chi connectivity index (χ3n) is 4.90. The summed E-state index contributed by atoms with van der Waals surface area (Å²) in [5, 5.41) is 0. The molecule has 1 saturated carbocycles. The normalized spacial score (nSPS) is 16.9. The van der Waals surface area contributed by atoms with E-state index in [9.17, 15) is 0 Å². The van der Waals surface area contributed by atoms with Crippen molar-refractivity contribution in [3.63, 3.8) is 0 Å². The third-order valence-corrected chi connectivity index (χ3v) is 4.90. The van der Waals surface area contributed by atoms with Crippen LogP contribution < -0.4 is 9.47 Å². The van der Waals surface area contributed by atoms with Crippen LogP contribution in [-0.4, -0.2) is 18.9 Å². The van der Waals surface area contributed by atoms with Crippen LogP contribution in [0.25, 0.3) is 6.08 Å². The van der Waals surface area contributed by atoms with Gasteiger partial charge in [0.25, 0.3) is 0 Å². The van der Waals surface area contributed by atoms with E-state index in [4.69, 9.17) is 14.5 Å². The van der Waals surface area contributed by atoms with Crippen LogP contribution in [0, 0.1) is 0 Å². The molecule has 0 atom stereocenters. The molecule has 0 spiro atoms. The topological polar surface area (TPSA) is 30.8 Å². The van der Waals surface area contributed by atoms with Crippen molar-refractivity contribution in [1.29, 1.82) is 0 Å². The minimum absolute atomic E-state index is 0.302. The van der Waals surface area contributed by atoms with Gasteiger partial charge in [-0.25, -0.2) is 0 Å². The first-order valence-electron chi connectivity index (χ1n) is 9.01. The van der Waals surface area contributed by atoms with E-state index in [1.165, 1.54) is 18.4 Å². The molecule has 0 N–H and O–H groups in total. The Morgan fingerprint density at radius 1 is 1.00 bits per heavy atom. The number of allylic oxidation sites excluding steroid dienone is 1. The number of aliphatic imine (C=N–C) groups is 1. The van der Waals surface area contributed by atoms with Gasteiger partial charge in [0.15, 0.2) is 11.5 Å². The van der Waals surface area contributed by atoms with Crippen LogP contribution in [0.5, 0.6) is 11.5 Å². The van der Waals surface area contributed by atoms with Crippen molar-refractivity contribution in [1.82, 2.24) is 0 Å². The van der Waals surface area contributed by atoms with E-state index < -0.39 is 0 Å². The highest BCUT2D eigenvalue weighted by Crippen LogP contribution is 2.36. The molecule has 3 nitrogen and oxygen atoms in total. The summed E-state index contributed by atoms with van der Waals surface area (Å²) in [6.45, 7) is 0. The van der Waals surface area contributed by atoms with Gasteiger partial charge in [-0.3, -0.25) is 4.99 Å². The summed E-state index contributed by atoms with van der Waals surface area (Å²) < 4.78 is 11.8. The third kappa shape index (κ3) is 3.46. The molecular formula is C22H23NO2. The van der Waals surface area contributed by atoms with Gasteiger partial charge < -0.3 is 9.47 Å². The average molecular weight is 333 g/mol. The Balaban J connectivity index is 1.58. The van der Waals surface area contributed by atoms with Crippen molar-refractivity contribution < 1.29 is 9.47 Å². The molecule has 0 aromatic heterocycles. The second-order valence-electron chi connectivity index (χ2n) is 6.64. The van der Waals surface area contributed by atoms with E-state index >= 15 is 0 Å². The quantitative estimate of drug-likeness (QED) is 0.737. The molecule has 2 aromatic carbocycles. The zero-order chi connectivity index (χ0) is 17.1. The Labute approximate surface area is 149 Å². The van der Waals surface area contributed by atoms with Crippen LogP contribution in [0.2, 0.25) is 0 Å². The van der Waals surface area contributed by atoms with Crippen molar-refractivity contribution in [3.05, 3.63) is 59.7 Å². The first-order chi connectivity index (χ1) is 12.3. The highest BCUT2D eigenvalue weighted by Gasteiger charge is 2.20. The van der Waals surface area contributed by atoms with Gasteiger partial charge in [0.2, 0.25) is 0 Å². The van der Waals surface area contributed by atoms with E-state index in [1.807, 2.05) is 18.2 Å². The van der Waals surface area contributed by atoms with Gasteiger partial charge in [-0.15, -0.1) is 0 Å². The van der Waals surface area contributed by atoms with E-state index in [0.29, 0.717) is 6.10 Å². The van der Waals surface area contributed by atoms with Crippen molar-refractivity contribution in [2.45, 2.75) is 38.2 Å². The molecule has 2 aromatic rings. The van der Waals surface area contributed by atoms with Crippen molar-refractivity contribution in [2.24, 2.45) is 4.99 Å². The lowest BCUT2D eigenvalue weighted by Gasteiger charge is -2.18. The number of rotatable bonds is 5. The number of benzene rings is 2. The van der Waals surface area contributed by atoms with Gasteiger partial charge in [0.1, 0.15) is 0 Å². The summed E-state index contributed by atoms with van der Waals surface area (Å²) in [6.07, 6.45) is 10.1. The van der Waals surface area contributed by atoms with Crippen molar-refractivity contribution >= 4 is 17.5 Å². The van der Waals surface area contributed by atoms with Crippen LogP contribution in [0.4, 0.5) is 5.69 Å². The lowest BCUT2D eigenvalue weighted by atomic mass is 10.1. The number of ether oxygens (including phenoxy) is 2. The average Bonchev–Trinajstić information content (AvgIpc) is 3.29. The number of nitrogens with zero attached hydrogens (tertiary/aromatic N) is 1. The van der Waals surface area contributed by atoms with Gasteiger partial charge in [-0.2, -0.15) is 0 Å². The molecule has 2 aliphatic rings. The van der Waals surface area contributed by atoms with Crippen LogP contribution in [0.15, 0.2) is 53.5 Å². The van der Waals surface area contributed by atoms with Crippen molar-refractivity contribution in [2.75, 3.05) is 7.11 Å². The molecular weight excluding hydrogens is 310 g/mol. The summed E-state index contributed by atoms with van der Waals surface area (Å²) >= 11 is 0. The van der Waals surface area contributed by atoms with E-state index in [2.05, 4.69) is 36.4 Å².